The number of para-hydroxylation sites is 2. The number of hydrogen-bond donors (Lipinski definition) is 0. The summed E-state index contributed by atoms with van der Waals surface area (Å²) in [5.74, 6) is 0. The first-order chi connectivity index (χ1) is 13.7. The van der Waals surface area contributed by atoms with Crippen LogP contribution in [0.15, 0.2) is 73.1 Å². The Morgan fingerprint density at radius 1 is 0.607 bits per heavy atom. The van der Waals surface area contributed by atoms with Crippen molar-refractivity contribution in [1.29, 1.82) is 0 Å². The molecule has 4 nitrogen and oxygen atoms in total. The Balaban J connectivity index is 1.37. The van der Waals surface area contributed by atoms with Gasteiger partial charge >= 0.3 is 0 Å². The molecule has 0 saturated carbocycles. The number of pyridine rings is 2. The molecule has 2 aromatic heterocycles. The van der Waals surface area contributed by atoms with Gasteiger partial charge in [-0.2, -0.15) is 0 Å². The molecule has 0 unspecified atom stereocenters. The number of rotatable bonds is 7. The first-order valence-corrected chi connectivity index (χ1v) is 9.73. The molecular weight excluding hydrogens is 344 g/mol. The monoisotopic (exact) mass is 370 g/mol. The summed E-state index contributed by atoms with van der Waals surface area (Å²) in [7, 11) is 4.35. The Hall–Kier alpha value is -2.82. The van der Waals surface area contributed by atoms with Crippen molar-refractivity contribution < 1.29 is 0 Å². The van der Waals surface area contributed by atoms with Crippen LogP contribution in [-0.4, -0.2) is 47.0 Å². The molecule has 4 heteroatoms. The van der Waals surface area contributed by atoms with E-state index in [1.54, 1.807) is 0 Å². The molecule has 0 saturated heterocycles. The van der Waals surface area contributed by atoms with Gasteiger partial charge in [-0.1, -0.05) is 48.5 Å². The van der Waals surface area contributed by atoms with Crippen molar-refractivity contribution in [2.45, 2.75) is 13.1 Å². The van der Waals surface area contributed by atoms with Crippen LogP contribution in [-0.2, 0) is 13.1 Å². The second kappa shape index (κ2) is 8.46. The molecule has 28 heavy (non-hydrogen) atoms. The molecule has 4 aromatic rings. The highest BCUT2D eigenvalue weighted by atomic mass is 15.2. The number of hydrogen-bond acceptors (Lipinski definition) is 4. The topological polar surface area (TPSA) is 32.3 Å². The highest BCUT2D eigenvalue weighted by molar-refractivity contribution is 5.82. The van der Waals surface area contributed by atoms with Gasteiger partial charge in [0.2, 0.25) is 0 Å². The maximum absolute atomic E-state index is 4.57. The molecule has 142 valence electrons. The van der Waals surface area contributed by atoms with Crippen LogP contribution >= 0.6 is 0 Å². The Morgan fingerprint density at radius 3 is 1.50 bits per heavy atom. The maximum Gasteiger partial charge on any atom is 0.0746 e. The molecular formula is C24H26N4. The van der Waals surface area contributed by atoms with E-state index in [2.05, 4.69) is 82.4 Å². The van der Waals surface area contributed by atoms with E-state index in [-0.39, 0.29) is 0 Å². The Morgan fingerprint density at radius 2 is 1.04 bits per heavy atom. The summed E-state index contributed by atoms with van der Waals surface area (Å²) in [5.41, 5.74) is 4.77. The van der Waals surface area contributed by atoms with Gasteiger partial charge in [0.25, 0.3) is 0 Å². The molecule has 0 bridgehead atoms. The van der Waals surface area contributed by atoms with Gasteiger partial charge in [-0.3, -0.25) is 9.97 Å². The van der Waals surface area contributed by atoms with Crippen LogP contribution in [0.3, 0.4) is 0 Å². The van der Waals surface area contributed by atoms with E-state index in [1.165, 1.54) is 21.9 Å². The molecule has 0 amide bonds. The van der Waals surface area contributed by atoms with Crippen molar-refractivity contribution in [3.05, 3.63) is 84.2 Å². The number of fused-ring (bicyclic) bond motifs is 2. The molecule has 2 aromatic carbocycles. The fourth-order valence-corrected chi connectivity index (χ4v) is 3.67. The van der Waals surface area contributed by atoms with E-state index in [1.807, 2.05) is 24.5 Å². The van der Waals surface area contributed by atoms with Crippen LogP contribution in [0.2, 0.25) is 0 Å². The summed E-state index contributed by atoms with van der Waals surface area (Å²) in [5, 5.41) is 2.41. The first kappa shape index (κ1) is 18.5. The predicted octanol–water partition coefficient (Wildman–Crippen LogP) is 4.35. The van der Waals surface area contributed by atoms with Crippen LogP contribution in [0.5, 0.6) is 0 Å². The molecule has 2 heterocycles. The zero-order valence-electron chi connectivity index (χ0n) is 16.5. The molecule has 4 rings (SSSR count). The number of benzene rings is 2. The highest BCUT2D eigenvalue weighted by Gasteiger charge is 2.09. The third-order valence-electron chi connectivity index (χ3n) is 5.18. The van der Waals surface area contributed by atoms with E-state index in [4.69, 9.17) is 0 Å². The van der Waals surface area contributed by atoms with Gasteiger partial charge in [0.1, 0.15) is 0 Å². The third-order valence-corrected chi connectivity index (χ3v) is 5.18. The SMILES string of the molecule is CN(CCN(C)Cc1cccc2cccnc12)Cc1cccc2cccnc12. The average Bonchev–Trinajstić information content (AvgIpc) is 2.73. The predicted molar refractivity (Wildman–Crippen MR) is 116 cm³/mol. The van der Waals surface area contributed by atoms with Crippen LogP contribution in [0.25, 0.3) is 21.8 Å². The lowest BCUT2D eigenvalue weighted by Gasteiger charge is -2.23. The summed E-state index contributed by atoms with van der Waals surface area (Å²) in [6.45, 7) is 3.80. The molecule has 0 aliphatic rings. The second-order valence-electron chi connectivity index (χ2n) is 7.46. The van der Waals surface area contributed by atoms with Crippen molar-refractivity contribution in [3.8, 4) is 0 Å². The number of likely N-dealkylation sites (N-methyl/N-ethyl adjacent to an activating group) is 2. The van der Waals surface area contributed by atoms with Gasteiger partial charge in [0, 0.05) is 49.3 Å². The van der Waals surface area contributed by atoms with E-state index < -0.39 is 0 Å². The molecule has 0 spiro atoms. The zero-order valence-corrected chi connectivity index (χ0v) is 16.5. The van der Waals surface area contributed by atoms with E-state index >= 15 is 0 Å². The normalized spacial score (nSPS) is 11.7. The highest BCUT2D eigenvalue weighted by Crippen LogP contribution is 2.18. The first-order valence-electron chi connectivity index (χ1n) is 9.73. The minimum absolute atomic E-state index is 0.901. The van der Waals surface area contributed by atoms with Gasteiger partial charge in [0.05, 0.1) is 11.0 Å². The lowest BCUT2D eigenvalue weighted by Crippen LogP contribution is -2.30. The summed E-state index contributed by atoms with van der Waals surface area (Å²) < 4.78 is 0. The van der Waals surface area contributed by atoms with Crippen molar-refractivity contribution in [2.24, 2.45) is 0 Å². The Bertz CT molecular complexity index is 978. The molecule has 0 aliphatic heterocycles. The maximum atomic E-state index is 4.57. The minimum Gasteiger partial charge on any atom is -0.301 e. The van der Waals surface area contributed by atoms with Gasteiger partial charge in [-0.25, -0.2) is 0 Å². The summed E-state index contributed by atoms with van der Waals surface area (Å²) in [6.07, 6.45) is 3.75. The number of aromatic nitrogens is 2. The van der Waals surface area contributed by atoms with Crippen LogP contribution in [0.4, 0.5) is 0 Å². The van der Waals surface area contributed by atoms with Crippen LogP contribution in [0, 0.1) is 0 Å². The Kier molecular flexibility index (Phi) is 5.60. The Labute approximate surface area is 166 Å². The smallest absolute Gasteiger partial charge is 0.0746 e. The van der Waals surface area contributed by atoms with Crippen LogP contribution in [0.1, 0.15) is 11.1 Å². The third kappa shape index (κ3) is 4.19. The quantitative estimate of drug-likeness (QED) is 0.484. The zero-order chi connectivity index (χ0) is 19.3. The molecule has 0 atom stereocenters. The van der Waals surface area contributed by atoms with Crippen molar-refractivity contribution in [3.63, 3.8) is 0 Å². The second-order valence-corrected chi connectivity index (χ2v) is 7.46. The lowest BCUT2D eigenvalue weighted by molar-refractivity contribution is 0.248. The standard InChI is InChI=1S/C24H26N4/c1-27(17-21-9-3-7-19-11-5-13-25-23(19)21)15-16-28(2)18-22-10-4-8-20-12-6-14-26-24(20)22/h3-14H,15-18H2,1-2H3. The van der Waals surface area contributed by atoms with Gasteiger partial charge in [0.15, 0.2) is 0 Å². The van der Waals surface area contributed by atoms with Crippen molar-refractivity contribution >= 4 is 21.8 Å². The fourth-order valence-electron chi connectivity index (χ4n) is 3.67. The largest absolute Gasteiger partial charge is 0.301 e. The van der Waals surface area contributed by atoms with E-state index in [0.29, 0.717) is 0 Å². The summed E-state index contributed by atoms with van der Waals surface area (Å²) in [4.78, 5) is 13.9. The van der Waals surface area contributed by atoms with Crippen molar-refractivity contribution in [1.82, 2.24) is 19.8 Å². The van der Waals surface area contributed by atoms with Gasteiger partial charge in [-0.05, 0) is 37.4 Å². The minimum atomic E-state index is 0.901. The van der Waals surface area contributed by atoms with Crippen LogP contribution < -0.4 is 0 Å². The van der Waals surface area contributed by atoms with E-state index in [0.717, 1.165) is 37.2 Å². The lowest BCUT2D eigenvalue weighted by atomic mass is 10.1. The number of nitrogens with zero attached hydrogens (tertiary/aromatic N) is 4. The molecule has 0 N–H and O–H groups in total. The summed E-state index contributed by atoms with van der Waals surface area (Å²) in [6, 6.07) is 21.1. The molecule has 0 aliphatic carbocycles. The summed E-state index contributed by atoms with van der Waals surface area (Å²) >= 11 is 0. The average molecular weight is 371 g/mol. The fraction of sp³-hybridized carbons (Fsp3) is 0.250. The van der Waals surface area contributed by atoms with Gasteiger partial charge in [-0.15, -0.1) is 0 Å². The van der Waals surface area contributed by atoms with Gasteiger partial charge < -0.3 is 9.80 Å². The molecule has 0 fully saturated rings. The molecule has 0 radical (unpaired) electrons. The van der Waals surface area contributed by atoms with Crippen molar-refractivity contribution in [2.75, 3.05) is 27.2 Å². The van der Waals surface area contributed by atoms with E-state index in [9.17, 15) is 0 Å².